The van der Waals surface area contributed by atoms with E-state index in [9.17, 15) is 63.0 Å². The zero-order valence-electron chi connectivity index (χ0n) is 29.2. The van der Waals surface area contributed by atoms with Crippen molar-refractivity contribution >= 4 is 69.1 Å². The number of imidazole rings is 1. The summed E-state index contributed by atoms with van der Waals surface area (Å²) in [5, 5.41) is 44.1. The highest BCUT2D eigenvalue weighted by molar-refractivity contribution is 8.13. The van der Waals surface area contributed by atoms with E-state index >= 15 is 0 Å². The summed E-state index contributed by atoms with van der Waals surface area (Å²) in [7, 11) is -16.4. The highest BCUT2D eigenvalue weighted by Gasteiger charge is 2.50. The van der Waals surface area contributed by atoms with Crippen LogP contribution in [0.25, 0.3) is 11.2 Å². The van der Waals surface area contributed by atoms with Gasteiger partial charge >= 0.3 is 23.5 Å². The quantitative estimate of drug-likeness (QED) is 0.0453. The van der Waals surface area contributed by atoms with Crippen molar-refractivity contribution in [1.29, 1.82) is 0 Å². The number of nitrogens with zero attached hydrogens (tertiary/aromatic N) is 4. The molecule has 0 spiro atoms. The summed E-state index contributed by atoms with van der Waals surface area (Å²) in [6.45, 7) is 0.490. The van der Waals surface area contributed by atoms with E-state index < -0.39 is 102 Å². The molecule has 2 aromatic rings. The smallest absolute Gasteiger partial charge is 0.393 e. The molecule has 0 saturated carbocycles. The number of nitrogens with two attached hydrogens (primary N) is 1. The minimum Gasteiger partial charge on any atom is -0.393 e. The molecule has 0 radical (unpaired) electrons. The lowest BCUT2D eigenvalue weighted by atomic mass is 9.87. The van der Waals surface area contributed by atoms with Crippen LogP contribution in [-0.2, 0) is 50.7 Å². The van der Waals surface area contributed by atoms with Gasteiger partial charge in [-0.3, -0.25) is 32.5 Å². The predicted octanol–water partition coefficient (Wildman–Crippen LogP) is -2.59. The van der Waals surface area contributed by atoms with Gasteiger partial charge in [-0.25, -0.2) is 28.6 Å². The number of rotatable bonds is 21. The fourth-order valence-corrected chi connectivity index (χ4v) is 8.09. The molecule has 3 heterocycles. The number of thioether (sulfide) groups is 1. The molecule has 2 aromatic heterocycles. The van der Waals surface area contributed by atoms with Gasteiger partial charge in [0.1, 0.15) is 36.3 Å². The Balaban J connectivity index is 1.50. The van der Waals surface area contributed by atoms with Crippen LogP contribution in [0.4, 0.5) is 5.82 Å². The van der Waals surface area contributed by atoms with Crippen molar-refractivity contribution in [2.45, 2.75) is 63.4 Å². The van der Waals surface area contributed by atoms with E-state index in [1.807, 2.05) is 0 Å². The first-order valence-corrected chi connectivity index (χ1v) is 21.2. The van der Waals surface area contributed by atoms with Crippen molar-refractivity contribution in [3.05, 3.63) is 12.7 Å². The lowest BCUT2D eigenvalue weighted by molar-refractivity contribution is -0.137. The van der Waals surface area contributed by atoms with Crippen molar-refractivity contribution in [3.63, 3.8) is 0 Å². The zero-order valence-corrected chi connectivity index (χ0v) is 32.7. The summed E-state index contributed by atoms with van der Waals surface area (Å²) in [5.41, 5.74) is 2.27. The van der Waals surface area contributed by atoms with Crippen LogP contribution in [0.3, 0.4) is 0 Å². The topological polar surface area (TPSA) is 404 Å². The first-order chi connectivity index (χ1) is 25.3. The van der Waals surface area contributed by atoms with E-state index in [0.29, 0.717) is 11.8 Å². The summed E-state index contributed by atoms with van der Waals surface area (Å²) >= 11 is 0.692. The highest BCUT2D eigenvalue weighted by atomic mass is 32.2. The second-order valence-electron chi connectivity index (χ2n) is 12.6. The Kier molecular flexibility index (Phi) is 16.0. The minimum absolute atomic E-state index is 0.0196. The van der Waals surface area contributed by atoms with E-state index in [0.717, 1.165) is 24.1 Å². The average Bonchev–Trinajstić information content (AvgIpc) is 3.64. The van der Waals surface area contributed by atoms with Crippen molar-refractivity contribution in [3.8, 4) is 0 Å². The summed E-state index contributed by atoms with van der Waals surface area (Å²) in [6.07, 6.45) is -7.11. The lowest BCUT2D eigenvalue weighted by Gasteiger charge is -2.30. The van der Waals surface area contributed by atoms with Crippen molar-refractivity contribution < 1.29 is 90.7 Å². The summed E-state index contributed by atoms with van der Waals surface area (Å²) in [6, 6.07) is 0. The van der Waals surface area contributed by atoms with Crippen LogP contribution in [0.5, 0.6) is 0 Å². The van der Waals surface area contributed by atoms with Crippen molar-refractivity contribution in [2.75, 3.05) is 44.4 Å². The van der Waals surface area contributed by atoms with Crippen molar-refractivity contribution in [1.82, 2.24) is 30.2 Å². The molecule has 3 unspecified atom stereocenters. The maximum absolute atomic E-state index is 12.6. The second-order valence-corrected chi connectivity index (χ2v) is 17.9. The van der Waals surface area contributed by atoms with Gasteiger partial charge in [-0.15, -0.1) is 0 Å². The SMILES string of the molecule is CC(O)(CO)C(=O)SCCNC(=O)CCNC(=O)[C@H](O)C(C)(C)COP(=O)(O)OP(=O)(O)OC[C@H]1O[C@@H](n2cnc3c(N)ncnc32)[C@H](O)[C@@H]1OP(=O)(O)O. The number of phosphoric acid groups is 3. The Morgan fingerprint density at radius 1 is 1.05 bits per heavy atom. The van der Waals surface area contributed by atoms with Crippen LogP contribution >= 0.6 is 35.2 Å². The van der Waals surface area contributed by atoms with Gasteiger partial charge in [-0.05, 0) is 6.92 Å². The first kappa shape index (κ1) is 46.9. The monoisotopic (exact) mass is 869 g/mol. The van der Waals surface area contributed by atoms with Crippen molar-refractivity contribution in [2.24, 2.45) is 5.41 Å². The third-order valence-corrected chi connectivity index (χ3v) is 11.7. The number of nitrogen functional groups attached to an aromatic ring is 1. The molecule has 0 aliphatic carbocycles. The fraction of sp³-hybridized carbons (Fsp3) is 0.680. The van der Waals surface area contributed by atoms with E-state index in [4.69, 9.17) is 24.6 Å². The molecule has 1 saturated heterocycles. The third kappa shape index (κ3) is 13.5. The molecule has 55 heavy (non-hydrogen) atoms. The van der Waals surface area contributed by atoms with E-state index in [1.54, 1.807) is 0 Å². The molecular weight excluding hydrogens is 827 g/mol. The number of fused-ring (bicyclic) bond motifs is 1. The molecule has 1 fully saturated rings. The number of aliphatic hydroxyl groups is 4. The zero-order chi connectivity index (χ0) is 41.6. The molecule has 26 nitrogen and oxygen atoms in total. The Morgan fingerprint density at radius 3 is 2.35 bits per heavy atom. The standard InChI is InChI=1S/C25H42N7O19P3S/c1-24(2,18(36)21(37)28-5-4-14(34)27-6-7-55-23(38)25(3,39)9-33)10-48-54(45,46)51-53(43,44)47-8-13-17(50-52(40,41)42)16(35)22(49-13)32-12-31-15-19(26)29-11-30-20(15)32/h11-13,16-18,22,33,35-36,39H,4-10H2,1-3H3,(H,27,34)(H,28,37)(H,43,44)(H,45,46)(H2,26,29,30)(H2,40,41,42)/t13-,16-,17-,18+,22-,25?/m1/s1. The van der Waals surface area contributed by atoms with Crippen LogP contribution in [0, 0.1) is 5.41 Å². The predicted molar refractivity (Wildman–Crippen MR) is 185 cm³/mol. The minimum atomic E-state index is -5.59. The Labute approximate surface area is 315 Å². The molecule has 8 atom stereocenters. The van der Waals surface area contributed by atoms with Gasteiger partial charge in [0, 0.05) is 30.7 Å². The van der Waals surface area contributed by atoms with Gasteiger partial charge in [0.2, 0.25) is 16.9 Å². The number of aliphatic hydroxyl groups excluding tert-OH is 3. The number of aromatic nitrogens is 4. The van der Waals surface area contributed by atoms with Gasteiger partial charge < -0.3 is 61.1 Å². The summed E-state index contributed by atoms with van der Waals surface area (Å²) < 4.78 is 61.9. The summed E-state index contributed by atoms with van der Waals surface area (Å²) in [5.74, 6) is -1.53. The first-order valence-electron chi connectivity index (χ1n) is 15.7. The van der Waals surface area contributed by atoms with Gasteiger partial charge in [0.05, 0.1) is 26.1 Å². The molecule has 2 amide bonds. The number of anilines is 1. The van der Waals surface area contributed by atoms with Crippen LogP contribution in [0.15, 0.2) is 12.7 Å². The van der Waals surface area contributed by atoms with Gasteiger partial charge in [0.15, 0.2) is 23.3 Å². The number of carbonyl (C=O) groups excluding carboxylic acids is 3. The Bertz CT molecular complexity index is 1830. The average molecular weight is 870 g/mol. The maximum atomic E-state index is 12.6. The number of nitrogens with one attached hydrogen (secondary N) is 2. The fourth-order valence-electron chi connectivity index (χ4n) is 4.49. The third-order valence-electron chi connectivity index (χ3n) is 7.48. The van der Waals surface area contributed by atoms with E-state index in [2.05, 4.69) is 34.4 Å². The Morgan fingerprint density at radius 2 is 1.71 bits per heavy atom. The number of hydrogen-bond acceptors (Lipinski definition) is 20. The van der Waals surface area contributed by atoms with Crippen LogP contribution in [0.2, 0.25) is 0 Å². The van der Waals surface area contributed by atoms with E-state index in [-0.39, 0.29) is 42.2 Å². The molecule has 1 aliphatic heterocycles. The molecule has 1 aliphatic rings. The molecule has 0 aromatic carbocycles. The second kappa shape index (κ2) is 18.8. The number of phosphoric ester groups is 3. The molecule has 12 N–H and O–H groups in total. The molecule has 312 valence electrons. The maximum Gasteiger partial charge on any atom is 0.481 e. The number of ether oxygens (including phenoxy) is 1. The van der Waals surface area contributed by atoms with Crippen LogP contribution < -0.4 is 16.4 Å². The number of hydrogen-bond donors (Lipinski definition) is 11. The number of amides is 2. The van der Waals surface area contributed by atoms with Crippen LogP contribution in [-0.4, -0.2) is 145 Å². The lowest BCUT2D eigenvalue weighted by Crippen LogP contribution is -2.46. The van der Waals surface area contributed by atoms with Gasteiger partial charge in [-0.2, -0.15) is 4.31 Å². The normalized spacial score (nSPS) is 23.0. The molecule has 3 rings (SSSR count). The Hall–Kier alpha value is -2.52. The molecular formula is C25H42N7O19P3S. The number of carbonyl (C=O) groups is 3. The summed E-state index contributed by atoms with van der Waals surface area (Å²) in [4.78, 5) is 87.1. The van der Waals surface area contributed by atoms with Crippen LogP contribution in [0.1, 0.15) is 33.4 Å². The molecule has 0 bridgehead atoms. The van der Waals surface area contributed by atoms with Gasteiger partial charge in [0.25, 0.3) is 0 Å². The van der Waals surface area contributed by atoms with Gasteiger partial charge in [-0.1, -0.05) is 25.6 Å². The largest absolute Gasteiger partial charge is 0.481 e. The highest BCUT2D eigenvalue weighted by Crippen LogP contribution is 2.61. The molecule has 30 heteroatoms. The van der Waals surface area contributed by atoms with E-state index in [1.165, 1.54) is 13.8 Å².